The first-order valence-corrected chi connectivity index (χ1v) is 19.5. The molecule has 0 bridgehead atoms. The van der Waals surface area contributed by atoms with Crippen LogP contribution in [-0.4, -0.2) is 62.3 Å². The van der Waals surface area contributed by atoms with Gasteiger partial charge in [-0.05, 0) is 49.9 Å². The molecule has 2 N–H and O–H groups in total. The average Bonchev–Trinajstić information content (AvgIpc) is 3.59. The van der Waals surface area contributed by atoms with E-state index in [0.29, 0.717) is 48.8 Å². The van der Waals surface area contributed by atoms with E-state index in [-0.39, 0.29) is 39.8 Å². The van der Waals surface area contributed by atoms with Gasteiger partial charge in [0.25, 0.3) is 11.1 Å². The van der Waals surface area contributed by atoms with Gasteiger partial charge in [-0.15, -0.1) is 23.5 Å². The van der Waals surface area contributed by atoms with Crippen molar-refractivity contribution in [3.05, 3.63) is 44.0 Å². The molecule has 0 aromatic carbocycles. The third-order valence-electron chi connectivity index (χ3n) is 8.90. The van der Waals surface area contributed by atoms with Gasteiger partial charge >= 0.3 is 0 Å². The van der Waals surface area contributed by atoms with E-state index in [2.05, 4.69) is 13.8 Å². The Morgan fingerprint density at radius 3 is 1.93 bits per heavy atom. The van der Waals surface area contributed by atoms with E-state index in [1.165, 1.54) is 9.13 Å². The van der Waals surface area contributed by atoms with Gasteiger partial charge in [0, 0.05) is 102 Å². The molecule has 3 unspecified atom stereocenters. The third kappa shape index (κ3) is 7.77. The normalized spacial score (nSPS) is 17.2. The van der Waals surface area contributed by atoms with E-state index in [0.717, 1.165) is 45.3 Å². The topological polar surface area (TPSA) is 119 Å². The molecular weight excluding hydrogens is 613 g/mol. The Labute approximate surface area is 262 Å². The zero-order chi connectivity index (χ0) is 30.8. The maximum absolute atomic E-state index is 12.8. The summed E-state index contributed by atoms with van der Waals surface area (Å²) in [5.41, 5.74) is 0.749. The predicted octanol–water partition coefficient (Wildman–Crippen LogP) is 4.70. The van der Waals surface area contributed by atoms with Crippen molar-refractivity contribution in [2.24, 2.45) is 10.8 Å². The van der Waals surface area contributed by atoms with Gasteiger partial charge in [-0.2, -0.15) is 0 Å². The molecule has 3 atom stereocenters. The zero-order valence-electron chi connectivity index (χ0n) is 25.3. The van der Waals surface area contributed by atoms with Crippen LogP contribution in [0.2, 0.25) is 0 Å². The van der Waals surface area contributed by atoms with Crippen molar-refractivity contribution in [3.8, 4) is 11.8 Å². The third-order valence-corrected chi connectivity index (χ3v) is 14.0. The summed E-state index contributed by atoms with van der Waals surface area (Å²) in [7, 11) is -2.25. The Balaban J connectivity index is 1.22. The molecule has 0 amide bonds. The lowest BCUT2D eigenvalue weighted by Gasteiger charge is -2.34. The van der Waals surface area contributed by atoms with Gasteiger partial charge in [-0.3, -0.25) is 27.1 Å². The van der Waals surface area contributed by atoms with Crippen molar-refractivity contribution < 1.29 is 18.6 Å². The minimum absolute atomic E-state index is 0.0535. The monoisotopic (exact) mass is 656 g/mol. The molecule has 0 saturated heterocycles. The first-order valence-electron chi connectivity index (χ1n) is 14.6. The molecule has 0 radical (unpaired) electrons. The van der Waals surface area contributed by atoms with Crippen molar-refractivity contribution in [2.45, 2.75) is 89.1 Å². The number of nitrogens with zero attached hydrogens (tertiary/aromatic N) is 2. The fourth-order valence-corrected chi connectivity index (χ4v) is 11.0. The van der Waals surface area contributed by atoms with Crippen LogP contribution in [0.4, 0.5) is 0 Å². The molecule has 0 fully saturated rings. The van der Waals surface area contributed by atoms with Crippen LogP contribution in [0, 0.1) is 10.8 Å². The SMILES string of the molecule is CC(n1c(O)c2c(cc1=O)SCC2)C(C)(C)CCS(=O)CCS(=O)CCC(C)(C)CCn1c(O)c2c(cc1=O)SCC2. The first-order chi connectivity index (χ1) is 19.7. The highest BCUT2D eigenvalue weighted by molar-refractivity contribution is 7.99. The van der Waals surface area contributed by atoms with E-state index < -0.39 is 21.6 Å². The second-order valence-corrected chi connectivity index (χ2v) is 18.5. The lowest BCUT2D eigenvalue weighted by molar-refractivity contribution is 0.204. The van der Waals surface area contributed by atoms with Crippen LogP contribution in [0.25, 0.3) is 0 Å². The van der Waals surface area contributed by atoms with Crippen LogP contribution in [0.15, 0.2) is 31.5 Å². The molecule has 0 aliphatic carbocycles. The molecule has 4 heterocycles. The summed E-state index contributed by atoms with van der Waals surface area (Å²) < 4.78 is 28.6. The summed E-state index contributed by atoms with van der Waals surface area (Å²) in [5.74, 6) is 3.53. The van der Waals surface area contributed by atoms with Gasteiger partial charge < -0.3 is 10.2 Å². The maximum atomic E-state index is 12.8. The fraction of sp³-hybridized carbons (Fsp3) is 0.667. The first kappa shape index (κ1) is 33.4. The van der Waals surface area contributed by atoms with E-state index >= 15 is 0 Å². The Kier molecular flexibility index (Phi) is 10.9. The molecule has 42 heavy (non-hydrogen) atoms. The van der Waals surface area contributed by atoms with Crippen LogP contribution in [0.5, 0.6) is 11.8 Å². The van der Waals surface area contributed by atoms with Gasteiger partial charge in [-0.1, -0.05) is 27.7 Å². The Morgan fingerprint density at radius 1 is 0.810 bits per heavy atom. The van der Waals surface area contributed by atoms with Crippen molar-refractivity contribution >= 4 is 45.1 Å². The molecule has 2 aromatic rings. The van der Waals surface area contributed by atoms with Gasteiger partial charge in [0.1, 0.15) is 0 Å². The number of rotatable bonds is 14. The molecule has 234 valence electrons. The quantitative estimate of drug-likeness (QED) is 0.301. The van der Waals surface area contributed by atoms with Gasteiger partial charge in [-0.25, -0.2) is 0 Å². The Hall–Kier alpha value is -1.50. The minimum atomic E-state index is -1.14. The number of thioether (sulfide) groups is 2. The van der Waals surface area contributed by atoms with Crippen LogP contribution >= 0.6 is 23.5 Å². The average molecular weight is 657 g/mol. The van der Waals surface area contributed by atoms with E-state index in [1.54, 1.807) is 35.7 Å². The summed E-state index contributed by atoms with van der Waals surface area (Å²) in [4.78, 5) is 27.0. The zero-order valence-corrected chi connectivity index (χ0v) is 28.5. The smallest absolute Gasteiger partial charge is 0.254 e. The van der Waals surface area contributed by atoms with E-state index in [1.807, 2.05) is 20.8 Å². The van der Waals surface area contributed by atoms with E-state index in [4.69, 9.17) is 0 Å². The molecule has 8 nitrogen and oxygen atoms in total. The van der Waals surface area contributed by atoms with Crippen molar-refractivity contribution in [1.29, 1.82) is 0 Å². The van der Waals surface area contributed by atoms with Gasteiger partial charge in [0.15, 0.2) is 11.8 Å². The molecule has 0 spiro atoms. The van der Waals surface area contributed by atoms with Crippen molar-refractivity contribution in [2.75, 3.05) is 34.5 Å². The number of fused-ring (bicyclic) bond motifs is 2. The molecule has 12 heteroatoms. The highest BCUT2D eigenvalue weighted by Gasteiger charge is 2.32. The summed E-state index contributed by atoms with van der Waals surface area (Å²) >= 11 is 3.20. The number of hydrogen-bond donors (Lipinski definition) is 2. The van der Waals surface area contributed by atoms with Crippen LogP contribution in [0.3, 0.4) is 0 Å². The van der Waals surface area contributed by atoms with Crippen LogP contribution < -0.4 is 11.1 Å². The summed E-state index contributed by atoms with van der Waals surface area (Å²) in [5, 5.41) is 21.4. The van der Waals surface area contributed by atoms with Crippen molar-refractivity contribution in [1.82, 2.24) is 9.13 Å². The standard InChI is InChI=1S/C30H44N2O6S4/c1-20(32-26(34)19-24-22(28(32)36)7-13-40-24)30(4,5)10-15-42(38)17-16-41(37)14-9-29(2,3)8-11-31-25(33)18-23-21(27(31)35)6-12-39-23/h18-20,35-36H,6-17H2,1-5H3. The Bertz CT molecular complexity index is 1480. The largest absolute Gasteiger partial charge is 0.494 e. The summed E-state index contributed by atoms with van der Waals surface area (Å²) in [6, 6.07) is 2.96. The second kappa shape index (κ2) is 13.6. The summed E-state index contributed by atoms with van der Waals surface area (Å²) in [6.45, 7) is 10.6. The van der Waals surface area contributed by atoms with Crippen LogP contribution in [0.1, 0.15) is 71.0 Å². The Morgan fingerprint density at radius 2 is 1.33 bits per heavy atom. The lowest BCUT2D eigenvalue weighted by atomic mass is 9.82. The highest BCUT2D eigenvalue weighted by Crippen LogP contribution is 2.41. The second-order valence-electron chi connectivity index (χ2n) is 12.8. The van der Waals surface area contributed by atoms with Crippen LogP contribution in [-0.2, 0) is 41.0 Å². The van der Waals surface area contributed by atoms with Crippen molar-refractivity contribution in [3.63, 3.8) is 0 Å². The molecule has 0 saturated carbocycles. The maximum Gasteiger partial charge on any atom is 0.254 e. The number of hydrogen-bond acceptors (Lipinski definition) is 8. The fourth-order valence-electron chi connectivity index (χ4n) is 5.38. The number of aromatic hydroxyl groups is 2. The predicted molar refractivity (Wildman–Crippen MR) is 175 cm³/mol. The number of aromatic nitrogens is 2. The molecule has 2 aliphatic heterocycles. The summed E-state index contributed by atoms with van der Waals surface area (Å²) in [6.07, 6.45) is 3.49. The highest BCUT2D eigenvalue weighted by atomic mass is 32.2. The molecule has 4 rings (SSSR count). The molecule has 2 aromatic heterocycles. The number of pyridine rings is 2. The van der Waals surface area contributed by atoms with E-state index in [9.17, 15) is 28.2 Å². The van der Waals surface area contributed by atoms with Gasteiger partial charge in [0.2, 0.25) is 0 Å². The van der Waals surface area contributed by atoms with Gasteiger partial charge in [0.05, 0.1) is 0 Å². The molecule has 2 aliphatic rings. The minimum Gasteiger partial charge on any atom is -0.494 e. The lowest BCUT2D eigenvalue weighted by Crippen LogP contribution is -2.34. The molecular formula is C30H44N2O6S4.